The van der Waals surface area contributed by atoms with Crippen LogP contribution in [-0.4, -0.2) is 53.4 Å². The smallest absolute Gasteiger partial charge is 0.253 e. The SMILES string of the molecule is O=C(c1ccc(Oc2cccnc2)cc1)N1CCCN(CCCc2ccccc2)CC1. The summed E-state index contributed by atoms with van der Waals surface area (Å²) in [4.78, 5) is 21.5. The summed E-state index contributed by atoms with van der Waals surface area (Å²) in [6.45, 7) is 4.65. The third-order valence-electron chi connectivity index (χ3n) is 5.63. The number of aromatic nitrogens is 1. The molecule has 160 valence electrons. The van der Waals surface area contributed by atoms with E-state index in [4.69, 9.17) is 4.74 Å². The molecule has 0 unspecified atom stereocenters. The third-order valence-corrected chi connectivity index (χ3v) is 5.63. The molecule has 2 heterocycles. The van der Waals surface area contributed by atoms with Crippen molar-refractivity contribution in [3.05, 3.63) is 90.3 Å². The van der Waals surface area contributed by atoms with E-state index in [1.807, 2.05) is 41.3 Å². The minimum absolute atomic E-state index is 0.0964. The van der Waals surface area contributed by atoms with Crippen LogP contribution in [0.25, 0.3) is 0 Å². The topological polar surface area (TPSA) is 45.7 Å². The van der Waals surface area contributed by atoms with Gasteiger partial charge in [0.1, 0.15) is 11.5 Å². The van der Waals surface area contributed by atoms with Crippen molar-refractivity contribution in [2.24, 2.45) is 0 Å². The second kappa shape index (κ2) is 10.7. The molecule has 1 saturated heterocycles. The number of benzene rings is 2. The number of rotatable bonds is 7. The van der Waals surface area contributed by atoms with Gasteiger partial charge in [-0.1, -0.05) is 30.3 Å². The summed E-state index contributed by atoms with van der Waals surface area (Å²) in [5.41, 5.74) is 2.10. The van der Waals surface area contributed by atoms with Crippen molar-refractivity contribution in [1.82, 2.24) is 14.8 Å². The zero-order chi connectivity index (χ0) is 21.3. The van der Waals surface area contributed by atoms with Crippen molar-refractivity contribution in [2.75, 3.05) is 32.7 Å². The number of hydrogen-bond acceptors (Lipinski definition) is 4. The number of pyridine rings is 1. The van der Waals surface area contributed by atoms with Gasteiger partial charge in [0, 0.05) is 31.4 Å². The Morgan fingerprint density at radius 3 is 2.48 bits per heavy atom. The second-order valence-corrected chi connectivity index (χ2v) is 7.89. The predicted molar refractivity (Wildman–Crippen MR) is 122 cm³/mol. The van der Waals surface area contributed by atoms with Crippen molar-refractivity contribution in [1.29, 1.82) is 0 Å². The maximum atomic E-state index is 13.0. The summed E-state index contributed by atoms with van der Waals surface area (Å²) in [6.07, 6.45) is 6.64. The van der Waals surface area contributed by atoms with Gasteiger partial charge >= 0.3 is 0 Å². The van der Waals surface area contributed by atoms with Crippen LogP contribution < -0.4 is 4.74 Å². The van der Waals surface area contributed by atoms with E-state index in [0.717, 1.165) is 52.0 Å². The molecule has 0 bridgehead atoms. The highest BCUT2D eigenvalue weighted by molar-refractivity contribution is 5.94. The first-order valence-electron chi connectivity index (χ1n) is 11.0. The van der Waals surface area contributed by atoms with E-state index in [1.54, 1.807) is 12.4 Å². The molecule has 5 heteroatoms. The third kappa shape index (κ3) is 6.15. The Morgan fingerprint density at radius 2 is 1.71 bits per heavy atom. The maximum absolute atomic E-state index is 13.0. The van der Waals surface area contributed by atoms with Crippen LogP contribution in [0, 0.1) is 0 Å². The molecule has 1 aromatic heterocycles. The van der Waals surface area contributed by atoms with Gasteiger partial charge < -0.3 is 14.5 Å². The molecule has 0 N–H and O–H groups in total. The maximum Gasteiger partial charge on any atom is 0.253 e. The van der Waals surface area contributed by atoms with Crippen molar-refractivity contribution >= 4 is 5.91 Å². The summed E-state index contributed by atoms with van der Waals surface area (Å²) < 4.78 is 5.77. The van der Waals surface area contributed by atoms with Crippen molar-refractivity contribution in [2.45, 2.75) is 19.3 Å². The Bertz CT molecular complexity index is 945. The lowest BCUT2D eigenvalue weighted by molar-refractivity contribution is 0.0761. The molecule has 31 heavy (non-hydrogen) atoms. The van der Waals surface area contributed by atoms with E-state index >= 15 is 0 Å². The Hall–Kier alpha value is -3.18. The zero-order valence-electron chi connectivity index (χ0n) is 17.8. The van der Waals surface area contributed by atoms with Gasteiger partial charge in [0.25, 0.3) is 5.91 Å². The van der Waals surface area contributed by atoms with Gasteiger partial charge in [-0.2, -0.15) is 0 Å². The van der Waals surface area contributed by atoms with Gasteiger partial charge in [-0.05, 0) is 74.3 Å². The molecule has 2 aromatic carbocycles. The van der Waals surface area contributed by atoms with Crippen LogP contribution in [0.2, 0.25) is 0 Å². The van der Waals surface area contributed by atoms with E-state index < -0.39 is 0 Å². The highest BCUT2D eigenvalue weighted by Crippen LogP contribution is 2.21. The quantitative estimate of drug-likeness (QED) is 0.563. The molecule has 1 fully saturated rings. The monoisotopic (exact) mass is 415 g/mol. The largest absolute Gasteiger partial charge is 0.456 e. The first-order valence-corrected chi connectivity index (χ1v) is 11.0. The Labute approximate surface area is 184 Å². The number of hydrogen-bond donors (Lipinski definition) is 0. The highest BCUT2D eigenvalue weighted by Gasteiger charge is 2.20. The molecule has 0 radical (unpaired) electrons. The summed E-state index contributed by atoms with van der Waals surface area (Å²) in [6, 6.07) is 21.7. The first-order chi connectivity index (χ1) is 15.3. The molecule has 0 saturated carbocycles. The molecule has 5 nitrogen and oxygen atoms in total. The Morgan fingerprint density at radius 1 is 0.871 bits per heavy atom. The van der Waals surface area contributed by atoms with Crippen LogP contribution in [0.3, 0.4) is 0 Å². The molecule has 1 amide bonds. The predicted octanol–water partition coefficient (Wildman–Crippen LogP) is 4.65. The fraction of sp³-hybridized carbons (Fsp3) is 0.308. The molecule has 0 atom stereocenters. The van der Waals surface area contributed by atoms with E-state index in [9.17, 15) is 4.79 Å². The van der Waals surface area contributed by atoms with Gasteiger partial charge in [-0.25, -0.2) is 0 Å². The van der Waals surface area contributed by atoms with Crippen LogP contribution in [0.1, 0.15) is 28.8 Å². The summed E-state index contributed by atoms with van der Waals surface area (Å²) >= 11 is 0. The minimum Gasteiger partial charge on any atom is -0.456 e. The summed E-state index contributed by atoms with van der Waals surface area (Å²) in [5.74, 6) is 1.48. The number of aryl methyl sites for hydroxylation is 1. The van der Waals surface area contributed by atoms with Crippen LogP contribution in [-0.2, 0) is 6.42 Å². The molecule has 1 aliphatic rings. The van der Waals surface area contributed by atoms with Crippen LogP contribution in [0.15, 0.2) is 79.1 Å². The lowest BCUT2D eigenvalue weighted by Crippen LogP contribution is -2.35. The first kappa shape index (κ1) is 21.1. The fourth-order valence-corrected chi connectivity index (χ4v) is 3.94. The zero-order valence-corrected chi connectivity index (χ0v) is 17.8. The van der Waals surface area contributed by atoms with E-state index in [2.05, 4.69) is 40.2 Å². The molecule has 4 rings (SSSR count). The lowest BCUT2D eigenvalue weighted by atomic mass is 10.1. The molecule has 1 aliphatic heterocycles. The molecule has 0 aliphatic carbocycles. The molecular formula is C26H29N3O2. The average molecular weight is 416 g/mol. The average Bonchev–Trinajstić information content (AvgIpc) is 3.06. The number of nitrogens with zero attached hydrogens (tertiary/aromatic N) is 3. The number of carbonyl (C=O) groups excluding carboxylic acids is 1. The van der Waals surface area contributed by atoms with Crippen LogP contribution in [0.4, 0.5) is 0 Å². The number of amides is 1. The Kier molecular flexibility index (Phi) is 7.29. The minimum atomic E-state index is 0.0964. The molecule has 3 aromatic rings. The number of ether oxygens (including phenoxy) is 1. The van der Waals surface area contributed by atoms with Crippen molar-refractivity contribution in [3.8, 4) is 11.5 Å². The van der Waals surface area contributed by atoms with Gasteiger partial charge in [-0.3, -0.25) is 9.78 Å². The van der Waals surface area contributed by atoms with Gasteiger partial charge in [0.05, 0.1) is 6.20 Å². The molecule has 0 spiro atoms. The van der Waals surface area contributed by atoms with E-state index in [0.29, 0.717) is 17.1 Å². The normalized spacial score (nSPS) is 14.8. The summed E-state index contributed by atoms with van der Waals surface area (Å²) in [7, 11) is 0. The summed E-state index contributed by atoms with van der Waals surface area (Å²) in [5, 5.41) is 0. The van der Waals surface area contributed by atoms with Gasteiger partial charge in [0.15, 0.2) is 0 Å². The van der Waals surface area contributed by atoms with Crippen molar-refractivity contribution < 1.29 is 9.53 Å². The molecular weight excluding hydrogens is 386 g/mol. The van der Waals surface area contributed by atoms with Crippen LogP contribution >= 0.6 is 0 Å². The van der Waals surface area contributed by atoms with E-state index in [-0.39, 0.29) is 5.91 Å². The van der Waals surface area contributed by atoms with Crippen LogP contribution in [0.5, 0.6) is 11.5 Å². The van der Waals surface area contributed by atoms with E-state index in [1.165, 1.54) is 5.56 Å². The van der Waals surface area contributed by atoms with Gasteiger partial charge in [-0.15, -0.1) is 0 Å². The number of carbonyl (C=O) groups is 1. The highest BCUT2D eigenvalue weighted by atomic mass is 16.5. The lowest BCUT2D eigenvalue weighted by Gasteiger charge is -2.22. The second-order valence-electron chi connectivity index (χ2n) is 7.89. The van der Waals surface area contributed by atoms with Gasteiger partial charge in [0.2, 0.25) is 0 Å². The Balaban J connectivity index is 1.26. The fourth-order valence-electron chi connectivity index (χ4n) is 3.94. The van der Waals surface area contributed by atoms with Crippen molar-refractivity contribution in [3.63, 3.8) is 0 Å². The standard InChI is InChI=1S/C26H29N3O2/c30-26(23-11-13-24(14-12-23)31-25-10-4-15-27-21-25)29-18-6-17-28(19-20-29)16-5-9-22-7-2-1-3-8-22/h1-4,7-8,10-15,21H,5-6,9,16-20H2.